The van der Waals surface area contributed by atoms with E-state index in [0.717, 1.165) is 17.7 Å². The fourth-order valence-electron chi connectivity index (χ4n) is 3.13. The standard InChI is InChI=1S/C19H20FN3O2/c1-12-9-14-5-3-4-6-18(14)23(12)19(25)11-21-15-7-8-16(20)17(10-15)22-13(2)24/h3-8,10,12,21H,9,11H2,1-2H3,(H,22,24). The van der Waals surface area contributed by atoms with Crippen molar-refractivity contribution in [2.75, 3.05) is 22.1 Å². The van der Waals surface area contributed by atoms with E-state index in [-0.39, 0.29) is 30.1 Å². The molecule has 5 nitrogen and oxygen atoms in total. The van der Waals surface area contributed by atoms with Gasteiger partial charge in [-0.15, -0.1) is 0 Å². The van der Waals surface area contributed by atoms with Crippen LogP contribution >= 0.6 is 0 Å². The van der Waals surface area contributed by atoms with Gasteiger partial charge < -0.3 is 15.5 Å². The number of carbonyl (C=O) groups is 2. The molecule has 1 aliphatic heterocycles. The Kier molecular flexibility index (Phi) is 4.70. The number of benzene rings is 2. The van der Waals surface area contributed by atoms with Crippen LogP contribution in [0.25, 0.3) is 0 Å². The molecule has 1 atom stereocenters. The molecule has 25 heavy (non-hydrogen) atoms. The molecule has 3 rings (SSSR count). The second-order valence-electron chi connectivity index (χ2n) is 6.17. The molecule has 6 heteroatoms. The average Bonchev–Trinajstić information content (AvgIpc) is 2.90. The molecule has 0 aromatic heterocycles. The summed E-state index contributed by atoms with van der Waals surface area (Å²) in [6, 6.07) is 12.3. The highest BCUT2D eigenvalue weighted by Crippen LogP contribution is 2.31. The van der Waals surface area contributed by atoms with E-state index in [0.29, 0.717) is 5.69 Å². The Morgan fingerprint density at radius 3 is 2.76 bits per heavy atom. The molecule has 0 saturated heterocycles. The molecular formula is C19H20FN3O2. The third kappa shape index (κ3) is 3.63. The first-order chi connectivity index (χ1) is 12.0. The van der Waals surface area contributed by atoms with Gasteiger partial charge in [0.05, 0.1) is 12.2 Å². The number of carbonyl (C=O) groups excluding carboxylic acids is 2. The molecule has 0 spiro atoms. The molecule has 2 aromatic rings. The topological polar surface area (TPSA) is 61.4 Å². The van der Waals surface area contributed by atoms with E-state index >= 15 is 0 Å². The summed E-state index contributed by atoms with van der Waals surface area (Å²) in [5.74, 6) is -0.924. The number of amides is 2. The van der Waals surface area contributed by atoms with Gasteiger partial charge in [0.1, 0.15) is 5.82 Å². The van der Waals surface area contributed by atoms with E-state index in [4.69, 9.17) is 0 Å². The third-order valence-corrected chi connectivity index (χ3v) is 4.20. The lowest BCUT2D eigenvalue weighted by Gasteiger charge is -2.23. The minimum atomic E-state index is -0.519. The summed E-state index contributed by atoms with van der Waals surface area (Å²) in [5, 5.41) is 5.43. The van der Waals surface area contributed by atoms with Crippen LogP contribution < -0.4 is 15.5 Å². The van der Waals surface area contributed by atoms with Gasteiger partial charge in [-0.05, 0) is 43.2 Å². The molecule has 0 radical (unpaired) electrons. The Morgan fingerprint density at radius 2 is 2.00 bits per heavy atom. The molecule has 2 N–H and O–H groups in total. The lowest BCUT2D eigenvalue weighted by molar-refractivity contribution is -0.117. The van der Waals surface area contributed by atoms with E-state index in [9.17, 15) is 14.0 Å². The number of nitrogens with one attached hydrogen (secondary N) is 2. The fourth-order valence-corrected chi connectivity index (χ4v) is 3.13. The molecule has 0 fully saturated rings. The first-order valence-corrected chi connectivity index (χ1v) is 8.16. The van der Waals surface area contributed by atoms with Gasteiger partial charge in [-0.1, -0.05) is 18.2 Å². The third-order valence-electron chi connectivity index (χ3n) is 4.20. The number of halogens is 1. The van der Waals surface area contributed by atoms with Gasteiger partial charge in [0, 0.05) is 24.3 Å². The zero-order valence-corrected chi connectivity index (χ0v) is 14.2. The van der Waals surface area contributed by atoms with Gasteiger partial charge in [-0.25, -0.2) is 4.39 Å². The minimum absolute atomic E-state index is 0.0529. The van der Waals surface area contributed by atoms with Crippen molar-refractivity contribution >= 4 is 28.9 Å². The van der Waals surface area contributed by atoms with E-state index in [1.54, 1.807) is 4.90 Å². The number of fused-ring (bicyclic) bond motifs is 1. The first-order valence-electron chi connectivity index (χ1n) is 8.16. The highest BCUT2D eigenvalue weighted by atomic mass is 19.1. The lowest BCUT2D eigenvalue weighted by atomic mass is 10.1. The van der Waals surface area contributed by atoms with Crippen molar-refractivity contribution in [3.05, 3.63) is 53.8 Å². The number of para-hydroxylation sites is 1. The minimum Gasteiger partial charge on any atom is -0.376 e. The van der Waals surface area contributed by atoms with Crippen LogP contribution in [-0.4, -0.2) is 24.4 Å². The maximum Gasteiger partial charge on any atom is 0.246 e. The highest BCUT2D eigenvalue weighted by Gasteiger charge is 2.30. The van der Waals surface area contributed by atoms with Gasteiger partial charge >= 0.3 is 0 Å². The Balaban J connectivity index is 1.70. The second-order valence-corrected chi connectivity index (χ2v) is 6.17. The van der Waals surface area contributed by atoms with Crippen LogP contribution in [0.4, 0.5) is 21.5 Å². The van der Waals surface area contributed by atoms with Crippen molar-refractivity contribution in [1.82, 2.24) is 0 Å². The predicted molar refractivity (Wildman–Crippen MR) is 96.3 cm³/mol. The lowest BCUT2D eigenvalue weighted by Crippen LogP contribution is -2.39. The van der Waals surface area contributed by atoms with Crippen molar-refractivity contribution < 1.29 is 14.0 Å². The molecule has 130 valence electrons. The average molecular weight is 341 g/mol. The van der Waals surface area contributed by atoms with E-state index < -0.39 is 5.82 Å². The number of rotatable bonds is 4. The van der Waals surface area contributed by atoms with Crippen LogP contribution in [0.3, 0.4) is 0 Å². The molecule has 0 aliphatic carbocycles. The van der Waals surface area contributed by atoms with Gasteiger partial charge in [0.15, 0.2) is 0 Å². The van der Waals surface area contributed by atoms with E-state index in [2.05, 4.69) is 10.6 Å². The van der Waals surface area contributed by atoms with Crippen LogP contribution in [0.5, 0.6) is 0 Å². The predicted octanol–water partition coefficient (Wildman–Crippen LogP) is 3.17. The summed E-state index contributed by atoms with van der Waals surface area (Å²) in [5.41, 5.74) is 2.77. The molecule has 1 aliphatic rings. The van der Waals surface area contributed by atoms with E-state index in [1.165, 1.54) is 25.1 Å². The van der Waals surface area contributed by atoms with Gasteiger partial charge in [-0.2, -0.15) is 0 Å². The van der Waals surface area contributed by atoms with Crippen molar-refractivity contribution in [3.8, 4) is 0 Å². The van der Waals surface area contributed by atoms with Crippen molar-refractivity contribution in [3.63, 3.8) is 0 Å². The molecule has 1 unspecified atom stereocenters. The van der Waals surface area contributed by atoms with Gasteiger partial charge in [-0.3, -0.25) is 9.59 Å². The zero-order chi connectivity index (χ0) is 18.0. The number of hydrogen-bond acceptors (Lipinski definition) is 3. The SMILES string of the molecule is CC(=O)Nc1cc(NCC(=O)N2c3ccccc3CC2C)ccc1F. The zero-order valence-electron chi connectivity index (χ0n) is 14.2. The Labute approximate surface area is 145 Å². The van der Waals surface area contributed by atoms with E-state index in [1.807, 2.05) is 31.2 Å². The highest BCUT2D eigenvalue weighted by molar-refractivity contribution is 5.98. The summed E-state index contributed by atoms with van der Waals surface area (Å²) in [6.45, 7) is 3.42. The summed E-state index contributed by atoms with van der Waals surface area (Å²) >= 11 is 0. The van der Waals surface area contributed by atoms with Crippen LogP contribution in [-0.2, 0) is 16.0 Å². The summed E-state index contributed by atoms with van der Waals surface area (Å²) in [6.07, 6.45) is 0.838. The van der Waals surface area contributed by atoms with Gasteiger partial charge in [0.25, 0.3) is 0 Å². The summed E-state index contributed by atoms with van der Waals surface area (Å²) < 4.78 is 13.7. The number of hydrogen-bond donors (Lipinski definition) is 2. The van der Waals surface area contributed by atoms with Crippen molar-refractivity contribution in [1.29, 1.82) is 0 Å². The number of anilines is 3. The Bertz CT molecular complexity index is 822. The largest absolute Gasteiger partial charge is 0.376 e. The molecule has 2 amide bonds. The van der Waals surface area contributed by atoms with Gasteiger partial charge in [0.2, 0.25) is 11.8 Å². The molecule has 0 bridgehead atoms. The number of nitrogens with zero attached hydrogens (tertiary/aromatic N) is 1. The molecule has 2 aromatic carbocycles. The Morgan fingerprint density at radius 1 is 1.24 bits per heavy atom. The second kappa shape index (κ2) is 6.93. The molecule has 1 heterocycles. The first kappa shape index (κ1) is 17.0. The van der Waals surface area contributed by atoms with Crippen LogP contribution in [0.15, 0.2) is 42.5 Å². The van der Waals surface area contributed by atoms with Crippen molar-refractivity contribution in [2.45, 2.75) is 26.3 Å². The van der Waals surface area contributed by atoms with Crippen LogP contribution in [0.1, 0.15) is 19.4 Å². The fraction of sp³-hybridized carbons (Fsp3) is 0.263. The smallest absolute Gasteiger partial charge is 0.246 e. The van der Waals surface area contributed by atoms with Crippen molar-refractivity contribution in [2.24, 2.45) is 0 Å². The molecule has 0 saturated carbocycles. The quantitative estimate of drug-likeness (QED) is 0.898. The molecular weight excluding hydrogens is 321 g/mol. The normalized spacial score (nSPS) is 15.6. The summed E-state index contributed by atoms with van der Waals surface area (Å²) in [7, 11) is 0. The Hall–Kier alpha value is -2.89. The van der Waals surface area contributed by atoms with Crippen LogP contribution in [0.2, 0.25) is 0 Å². The maximum absolute atomic E-state index is 13.7. The van der Waals surface area contributed by atoms with Crippen LogP contribution in [0, 0.1) is 5.82 Å². The monoisotopic (exact) mass is 341 g/mol. The summed E-state index contributed by atoms with van der Waals surface area (Å²) in [4.78, 5) is 25.5. The maximum atomic E-state index is 13.7.